The molecule has 1 fully saturated rings. The fourth-order valence-electron chi connectivity index (χ4n) is 5.81. The third kappa shape index (κ3) is 3.89. The summed E-state index contributed by atoms with van der Waals surface area (Å²) in [4.78, 5) is 12.2. The van der Waals surface area contributed by atoms with Gasteiger partial charge in [-0.1, -0.05) is 79.0 Å². The Kier molecular flexibility index (Phi) is 5.97. The van der Waals surface area contributed by atoms with Gasteiger partial charge in [0.2, 0.25) is 0 Å². The normalized spacial score (nSPS) is 23.6. The highest BCUT2D eigenvalue weighted by atomic mass is 32.2. The third-order valence-electron chi connectivity index (χ3n) is 7.38. The van der Waals surface area contributed by atoms with Crippen LogP contribution in [0.15, 0.2) is 136 Å². The molecule has 0 bridgehead atoms. The topological polar surface area (TPSA) is 0 Å². The van der Waals surface area contributed by atoms with Crippen LogP contribution in [0, 0.1) is 5.92 Å². The number of fused-ring (bicyclic) bond motifs is 4. The van der Waals surface area contributed by atoms with Gasteiger partial charge in [-0.15, -0.1) is 0 Å². The van der Waals surface area contributed by atoms with Gasteiger partial charge in [0, 0.05) is 12.8 Å². The maximum absolute atomic E-state index is 2.49. The molecule has 7 rings (SSSR count). The molecule has 2 heterocycles. The number of rotatable bonds is 2. The molecule has 4 heteroatoms. The van der Waals surface area contributed by atoms with Crippen molar-refractivity contribution in [3.8, 4) is 0 Å². The van der Waals surface area contributed by atoms with Gasteiger partial charge in [0.15, 0.2) is 30.1 Å². The lowest BCUT2D eigenvalue weighted by Crippen LogP contribution is -2.45. The molecule has 1 saturated carbocycles. The number of hydrogen-bond acceptors (Lipinski definition) is 2. The van der Waals surface area contributed by atoms with Crippen LogP contribution in [0.1, 0.15) is 26.2 Å². The summed E-state index contributed by atoms with van der Waals surface area (Å²) < 4.78 is 0. The molecule has 35 heavy (non-hydrogen) atoms. The molecule has 2 aliphatic heterocycles. The molecule has 1 aliphatic carbocycles. The van der Waals surface area contributed by atoms with Crippen LogP contribution in [0.3, 0.4) is 0 Å². The molecule has 0 N–H and O–H groups in total. The van der Waals surface area contributed by atoms with Crippen LogP contribution < -0.4 is 0 Å². The average Bonchev–Trinajstić information content (AvgIpc) is 2.90. The summed E-state index contributed by atoms with van der Waals surface area (Å²) in [6.45, 7) is 2.49. The quantitative estimate of drug-likeness (QED) is 0.238. The molecule has 1 unspecified atom stereocenters. The highest BCUT2D eigenvalue weighted by Gasteiger charge is 2.56. The Bertz CT molecular complexity index is 1310. The Hall–Kier alpha value is -1.72. The Morgan fingerprint density at radius 2 is 0.886 bits per heavy atom. The SMILES string of the molecule is CC1CC[C@@H]([S+]2c3ccccc3Sc3ccccc32)[C@H]([S+]2c3ccccc3Sc3ccccc32)C1. The van der Waals surface area contributed by atoms with E-state index >= 15 is 0 Å². The van der Waals surface area contributed by atoms with E-state index in [9.17, 15) is 0 Å². The van der Waals surface area contributed by atoms with Crippen LogP contribution in [-0.4, -0.2) is 10.5 Å². The predicted molar refractivity (Wildman–Crippen MR) is 152 cm³/mol. The molecule has 0 amide bonds. The predicted octanol–water partition coefficient (Wildman–Crippen LogP) is 8.95. The van der Waals surface area contributed by atoms with E-state index in [1.807, 2.05) is 23.5 Å². The largest absolute Gasteiger partial charge is 0.177 e. The van der Waals surface area contributed by atoms with Crippen molar-refractivity contribution in [2.45, 2.75) is 75.8 Å². The average molecular weight is 529 g/mol. The molecular formula is C31H28S4+2. The Balaban J connectivity index is 1.41. The van der Waals surface area contributed by atoms with E-state index in [2.05, 4.69) is 104 Å². The summed E-state index contributed by atoms with van der Waals surface area (Å²) >= 11 is 3.94. The first-order valence-corrected chi connectivity index (χ1v) is 16.7. The zero-order valence-corrected chi connectivity index (χ0v) is 23.0. The fraction of sp³-hybridized carbons (Fsp3) is 0.226. The minimum absolute atomic E-state index is 0.0923. The van der Waals surface area contributed by atoms with Crippen molar-refractivity contribution in [2.24, 2.45) is 5.92 Å². The van der Waals surface area contributed by atoms with Gasteiger partial charge in [0.05, 0.1) is 41.4 Å². The van der Waals surface area contributed by atoms with Gasteiger partial charge < -0.3 is 0 Å². The van der Waals surface area contributed by atoms with E-state index in [4.69, 9.17) is 0 Å². The molecule has 4 aromatic rings. The maximum Gasteiger partial charge on any atom is 0.177 e. The van der Waals surface area contributed by atoms with Crippen molar-refractivity contribution >= 4 is 45.3 Å². The van der Waals surface area contributed by atoms with Crippen molar-refractivity contribution in [3.63, 3.8) is 0 Å². The van der Waals surface area contributed by atoms with Gasteiger partial charge in [-0.05, 0) is 60.9 Å². The second-order valence-electron chi connectivity index (χ2n) is 9.66. The first kappa shape index (κ1) is 22.5. The monoisotopic (exact) mass is 528 g/mol. The molecular weight excluding hydrogens is 501 g/mol. The lowest BCUT2D eigenvalue weighted by molar-refractivity contribution is 0.397. The molecule has 0 saturated heterocycles. The van der Waals surface area contributed by atoms with Crippen LogP contribution in [-0.2, 0) is 21.8 Å². The second-order valence-corrected chi connectivity index (χ2v) is 16.2. The summed E-state index contributed by atoms with van der Waals surface area (Å²) in [5, 5.41) is 1.33. The zero-order valence-electron chi connectivity index (χ0n) is 19.7. The first-order valence-electron chi connectivity index (χ1n) is 12.5. The first-order chi connectivity index (χ1) is 17.3. The van der Waals surface area contributed by atoms with Crippen LogP contribution >= 0.6 is 23.5 Å². The van der Waals surface area contributed by atoms with Gasteiger partial charge in [0.25, 0.3) is 0 Å². The lowest BCUT2D eigenvalue weighted by Gasteiger charge is -2.36. The van der Waals surface area contributed by atoms with Crippen molar-refractivity contribution in [2.75, 3.05) is 0 Å². The molecule has 0 aromatic heterocycles. The zero-order chi connectivity index (χ0) is 23.4. The minimum Gasteiger partial charge on any atom is -0.0795 e. The summed E-state index contributed by atoms with van der Waals surface area (Å²) in [7, 11) is 0.190. The minimum atomic E-state index is 0.0923. The molecule has 0 nitrogen and oxygen atoms in total. The van der Waals surface area contributed by atoms with Gasteiger partial charge in [-0.25, -0.2) is 0 Å². The van der Waals surface area contributed by atoms with E-state index in [0.29, 0.717) is 10.5 Å². The standard InChI is InChI=1S/C31H28S4/c1-21-18-19-30(34-26-14-6-2-10-22(26)32-23-11-3-7-15-27(23)34)31(20-21)35-28-16-8-4-12-24(28)33-25-13-5-9-17-29(25)35/h2-17,21,30-31H,18-20H2,1H3/q+2/t21?,30-,31-/m1/s1. The maximum atomic E-state index is 2.49. The van der Waals surface area contributed by atoms with Gasteiger partial charge in [0.1, 0.15) is 0 Å². The van der Waals surface area contributed by atoms with E-state index < -0.39 is 0 Å². The highest BCUT2D eigenvalue weighted by Crippen LogP contribution is 2.54. The fourth-order valence-corrected chi connectivity index (χ4v) is 15.4. The van der Waals surface area contributed by atoms with Crippen LogP contribution in [0.2, 0.25) is 0 Å². The van der Waals surface area contributed by atoms with E-state index in [1.54, 1.807) is 19.6 Å². The molecule has 3 aliphatic rings. The molecule has 0 spiro atoms. The van der Waals surface area contributed by atoms with Crippen molar-refractivity contribution in [3.05, 3.63) is 97.1 Å². The van der Waals surface area contributed by atoms with Gasteiger partial charge >= 0.3 is 0 Å². The lowest BCUT2D eigenvalue weighted by atomic mass is 9.90. The van der Waals surface area contributed by atoms with Crippen molar-refractivity contribution in [1.29, 1.82) is 0 Å². The smallest absolute Gasteiger partial charge is 0.0795 e. The van der Waals surface area contributed by atoms with E-state index in [1.165, 1.54) is 38.8 Å². The summed E-state index contributed by atoms with van der Waals surface area (Å²) in [6.07, 6.45) is 3.99. The number of hydrogen-bond donors (Lipinski definition) is 0. The summed E-state index contributed by atoms with van der Waals surface area (Å²) in [5.74, 6) is 0.783. The van der Waals surface area contributed by atoms with Crippen LogP contribution in [0.5, 0.6) is 0 Å². The molecule has 0 radical (unpaired) electrons. The van der Waals surface area contributed by atoms with Gasteiger partial charge in [-0.3, -0.25) is 0 Å². The Morgan fingerprint density at radius 1 is 0.514 bits per heavy atom. The van der Waals surface area contributed by atoms with E-state index in [0.717, 1.165) is 5.92 Å². The third-order valence-corrected chi connectivity index (χ3v) is 16.0. The van der Waals surface area contributed by atoms with Crippen LogP contribution in [0.4, 0.5) is 0 Å². The highest BCUT2D eigenvalue weighted by molar-refractivity contribution is 8.06. The molecule has 174 valence electrons. The summed E-state index contributed by atoms with van der Waals surface area (Å²) in [6, 6.07) is 37.0. The Labute approximate surface area is 223 Å². The second kappa shape index (κ2) is 9.30. The number of benzene rings is 4. The summed E-state index contributed by atoms with van der Waals surface area (Å²) in [5.41, 5.74) is 0. The van der Waals surface area contributed by atoms with Crippen molar-refractivity contribution in [1.82, 2.24) is 0 Å². The van der Waals surface area contributed by atoms with E-state index in [-0.39, 0.29) is 21.8 Å². The van der Waals surface area contributed by atoms with Crippen LogP contribution in [0.25, 0.3) is 0 Å². The van der Waals surface area contributed by atoms with Gasteiger partial charge in [-0.2, -0.15) is 0 Å². The van der Waals surface area contributed by atoms with Crippen molar-refractivity contribution < 1.29 is 0 Å². The molecule has 3 atom stereocenters. The Morgan fingerprint density at radius 3 is 1.31 bits per heavy atom. The molecule has 4 aromatic carbocycles.